The SMILES string of the molecule is CC(C)(C)SCC(C)(C(=O)O)C(=O)N=[N+]=N. The van der Waals surface area contributed by atoms with Crippen LogP contribution in [0.25, 0.3) is 0 Å². The summed E-state index contributed by atoms with van der Waals surface area (Å²) in [6, 6.07) is 0. The molecule has 0 saturated carbocycles. The Morgan fingerprint density at radius 2 is 1.88 bits per heavy atom. The lowest BCUT2D eigenvalue weighted by molar-refractivity contribution is -0.151. The molecule has 1 atom stereocenters. The number of thioether (sulfide) groups is 1. The Balaban J connectivity index is 4.92. The molecule has 2 N–H and O–H groups in total. The second kappa shape index (κ2) is 5.23. The van der Waals surface area contributed by atoms with Crippen molar-refractivity contribution in [2.75, 3.05) is 5.75 Å². The van der Waals surface area contributed by atoms with E-state index < -0.39 is 17.3 Å². The summed E-state index contributed by atoms with van der Waals surface area (Å²) in [5.74, 6) is -2.04. The average molecular weight is 246 g/mol. The summed E-state index contributed by atoms with van der Waals surface area (Å²) in [4.78, 5) is 25.1. The molecule has 0 aliphatic carbocycles. The van der Waals surface area contributed by atoms with Crippen LogP contribution in [0.2, 0.25) is 0 Å². The van der Waals surface area contributed by atoms with Crippen LogP contribution in [0.4, 0.5) is 0 Å². The normalized spacial score (nSPS) is 14.8. The monoisotopic (exact) mass is 246 g/mol. The lowest BCUT2D eigenvalue weighted by atomic mass is 9.93. The van der Waals surface area contributed by atoms with Gasteiger partial charge in [-0.15, -0.1) is 0 Å². The third-order valence-electron chi connectivity index (χ3n) is 1.88. The topological polar surface area (TPSA) is 105 Å². The smallest absolute Gasteiger partial charge is 0.347 e. The van der Waals surface area contributed by atoms with E-state index in [9.17, 15) is 9.59 Å². The Morgan fingerprint density at radius 3 is 2.19 bits per heavy atom. The fourth-order valence-electron chi connectivity index (χ4n) is 0.732. The second-order valence-corrected chi connectivity index (χ2v) is 6.35. The Bertz CT molecular complexity index is 344. The summed E-state index contributed by atoms with van der Waals surface area (Å²) >= 11 is 1.36. The molecule has 0 bridgehead atoms. The van der Waals surface area contributed by atoms with Crippen molar-refractivity contribution in [3.05, 3.63) is 0 Å². The van der Waals surface area contributed by atoms with Crippen molar-refractivity contribution in [1.82, 2.24) is 4.91 Å². The van der Waals surface area contributed by atoms with Crippen LogP contribution >= 0.6 is 11.8 Å². The molecule has 7 heteroatoms. The predicted molar refractivity (Wildman–Crippen MR) is 60.2 cm³/mol. The van der Waals surface area contributed by atoms with Crippen LogP contribution in [0.5, 0.6) is 0 Å². The number of carbonyl (C=O) groups excluding carboxylic acids is 1. The zero-order chi connectivity index (χ0) is 13.0. The zero-order valence-corrected chi connectivity index (χ0v) is 10.6. The number of carboxylic acids is 1. The highest BCUT2D eigenvalue weighted by Gasteiger charge is 2.45. The Hall–Kier alpha value is -1.20. The number of carboxylic acid groups (broad SMARTS) is 1. The van der Waals surface area contributed by atoms with Crippen LogP contribution in [-0.4, -0.2) is 27.5 Å². The molecular weight excluding hydrogens is 230 g/mol. The van der Waals surface area contributed by atoms with Crippen molar-refractivity contribution in [1.29, 1.82) is 5.53 Å². The van der Waals surface area contributed by atoms with Crippen molar-refractivity contribution < 1.29 is 14.7 Å². The highest BCUT2D eigenvalue weighted by atomic mass is 32.2. The van der Waals surface area contributed by atoms with E-state index in [1.165, 1.54) is 18.7 Å². The molecule has 6 nitrogen and oxygen atoms in total. The maximum atomic E-state index is 11.4. The summed E-state index contributed by atoms with van der Waals surface area (Å²) in [6.45, 7) is 7.08. The standard InChI is InChI=1S/C9H15N3O3S/c1-8(2,3)16-5-9(4,7(14)15)6(13)11-12-10/h10H,5H2,1-4H3/p+1. The highest BCUT2D eigenvalue weighted by Crippen LogP contribution is 2.32. The maximum absolute atomic E-state index is 11.4. The minimum atomic E-state index is -1.62. The van der Waals surface area contributed by atoms with Crippen molar-refractivity contribution in [3.8, 4) is 0 Å². The Morgan fingerprint density at radius 1 is 1.38 bits per heavy atom. The second-order valence-electron chi connectivity index (χ2n) is 4.54. The molecule has 0 aliphatic rings. The third kappa shape index (κ3) is 4.12. The fourth-order valence-corrected chi connectivity index (χ4v) is 1.70. The van der Waals surface area contributed by atoms with Crippen LogP contribution < -0.4 is 4.91 Å². The van der Waals surface area contributed by atoms with Gasteiger partial charge in [-0.2, -0.15) is 11.8 Å². The van der Waals surface area contributed by atoms with Gasteiger partial charge in [-0.3, -0.25) is 9.59 Å². The number of hydrogen-bond donors (Lipinski definition) is 2. The van der Waals surface area contributed by atoms with Crippen molar-refractivity contribution in [3.63, 3.8) is 0 Å². The van der Waals surface area contributed by atoms with Gasteiger partial charge < -0.3 is 5.11 Å². The molecule has 0 heterocycles. The molecular formula is C9H16N3O3S+. The molecule has 0 fully saturated rings. The van der Waals surface area contributed by atoms with Crippen LogP contribution in [0.3, 0.4) is 0 Å². The zero-order valence-electron chi connectivity index (χ0n) is 9.77. The third-order valence-corrected chi connectivity index (χ3v) is 3.47. The van der Waals surface area contributed by atoms with Crippen molar-refractivity contribution in [2.45, 2.75) is 32.4 Å². The van der Waals surface area contributed by atoms with Gasteiger partial charge in [0.05, 0.1) is 0 Å². The van der Waals surface area contributed by atoms with Crippen LogP contribution in [0, 0.1) is 10.9 Å². The molecule has 0 spiro atoms. The van der Waals surface area contributed by atoms with Crippen LogP contribution in [0.15, 0.2) is 5.11 Å². The summed E-state index contributed by atoms with van der Waals surface area (Å²) < 4.78 is -0.144. The molecule has 0 aromatic rings. The van der Waals surface area contributed by atoms with E-state index in [0.717, 1.165) is 0 Å². The average Bonchev–Trinajstić information content (AvgIpc) is 2.13. The van der Waals surface area contributed by atoms with Gasteiger partial charge in [-0.25, -0.2) is 0 Å². The fraction of sp³-hybridized carbons (Fsp3) is 0.778. The molecule has 16 heavy (non-hydrogen) atoms. The molecule has 0 aliphatic heterocycles. The van der Waals surface area contributed by atoms with E-state index in [1.807, 2.05) is 20.8 Å². The number of hydrogen-bond acceptors (Lipinski definition) is 4. The maximum Gasteiger partial charge on any atom is 0.347 e. The molecule has 0 saturated heterocycles. The lowest BCUT2D eigenvalue weighted by Gasteiger charge is -2.24. The van der Waals surface area contributed by atoms with E-state index >= 15 is 0 Å². The summed E-state index contributed by atoms with van der Waals surface area (Å²) in [7, 11) is 0. The number of nitrogens with one attached hydrogen (secondary N) is 1. The van der Waals surface area contributed by atoms with Gasteiger partial charge in [0, 0.05) is 10.5 Å². The predicted octanol–water partition coefficient (Wildman–Crippen LogP) is 1.69. The van der Waals surface area contributed by atoms with Gasteiger partial charge in [0.1, 0.15) is 5.53 Å². The minimum absolute atomic E-state index is 0.101. The van der Waals surface area contributed by atoms with Gasteiger partial charge >= 0.3 is 11.9 Å². The van der Waals surface area contributed by atoms with E-state index in [0.29, 0.717) is 0 Å². The van der Waals surface area contributed by atoms with E-state index in [2.05, 4.69) is 10.0 Å². The summed E-state index contributed by atoms with van der Waals surface area (Å²) in [5.41, 5.74) is 4.82. The Labute approximate surface area is 98.0 Å². The largest absolute Gasteiger partial charge is 0.480 e. The molecule has 1 amide bonds. The first-order valence-electron chi connectivity index (χ1n) is 4.63. The van der Waals surface area contributed by atoms with Crippen molar-refractivity contribution >= 4 is 23.6 Å². The lowest BCUT2D eigenvalue weighted by Crippen LogP contribution is -2.39. The first-order valence-corrected chi connectivity index (χ1v) is 5.61. The molecule has 1 unspecified atom stereocenters. The van der Waals surface area contributed by atoms with Gasteiger partial charge in [-0.05, 0) is 6.92 Å². The van der Waals surface area contributed by atoms with Crippen LogP contribution in [0.1, 0.15) is 27.7 Å². The van der Waals surface area contributed by atoms with Crippen molar-refractivity contribution in [2.24, 2.45) is 10.5 Å². The molecule has 0 rings (SSSR count). The molecule has 0 aromatic heterocycles. The number of amides is 1. The quantitative estimate of drug-likeness (QED) is 0.447. The Kier molecular flexibility index (Phi) is 4.83. The van der Waals surface area contributed by atoms with Gasteiger partial charge in [0.2, 0.25) is 4.91 Å². The minimum Gasteiger partial charge on any atom is -0.480 e. The van der Waals surface area contributed by atoms with Crippen LogP contribution in [-0.2, 0) is 9.59 Å². The number of rotatable bonds is 4. The first-order chi connectivity index (χ1) is 7.13. The van der Waals surface area contributed by atoms with Gasteiger partial charge in [-0.1, -0.05) is 20.8 Å². The van der Waals surface area contributed by atoms with E-state index in [1.54, 1.807) is 0 Å². The molecule has 0 radical (unpaired) electrons. The van der Waals surface area contributed by atoms with Gasteiger partial charge in [0.15, 0.2) is 10.5 Å². The summed E-state index contributed by atoms with van der Waals surface area (Å²) in [5, 5.41) is 12.0. The number of aliphatic carboxylic acids is 1. The highest BCUT2D eigenvalue weighted by molar-refractivity contribution is 8.00. The number of nitrogens with zero attached hydrogens (tertiary/aromatic N) is 2. The molecule has 90 valence electrons. The van der Waals surface area contributed by atoms with Gasteiger partial charge in [0.25, 0.3) is 0 Å². The van der Waals surface area contributed by atoms with E-state index in [-0.39, 0.29) is 10.5 Å². The molecule has 0 aromatic carbocycles. The van der Waals surface area contributed by atoms with E-state index in [4.69, 9.17) is 10.6 Å². The number of carbonyl (C=O) groups is 2. The summed E-state index contributed by atoms with van der Waals surface area (Å²) in [6.07, 6.45) is 0. The first kappa shape index (κ1) is 14.8.